The number of rotatable bonds is 1. The van der Waals surface area contributed by atoms with Crippen molar-refractivity contribution in [3.8, 4) is 0 Å². The Balaban J connectivity index is 1.52. The molecule has 1 spiro atoms. The van der Waals surface area contributed by atoms with Gasteiger partial charge in [-0.3, -0.25) is 4.79 Å². The van der Waals surface area contributed by atoms with Gasteiger partial charge in [-0.25, -0.2) is 0 Å². The lowest BCUT2D eigenvalue weighted by molar-refractivity contribution is -0.274. The molecule has 3 nitrogen and oxygen atoms in total. The second kappa shape index (κ2) is 4.82. The van der Waals surface area contributed by atoms with Crippen LogP contribution in [0.1, 0.15) is 71.6 Å². The van der Waals surface area contributed by atoms with Crippen LogP contribution in [-0.4, -0.2) is 29.1 Å². The van der Waals surface area contributed by atoms with Gasteiger partial charge in [0.1, 0.15) is 5.78 Å². The molecule has 0 aromatic rings. The Hall–Kier alpha value is -0.410. The van der Waals surface area contributed by atoms with Crippen molar-refractivity contribution in [3.63, 3.8) is 0 Å². The monoisotopic (exact) mass is 317 g/mol. The van der Waals surface area contributed by atoms with Crippen LogP contribution < -0.4 is 5.32 Å². The van der Waals surface area contributed by atoms with Crippen molar-refractivity contribution in [1.29, 1.82) is 0 Å². The van der Waals surface area contributed by atoms with Crippen molar-refractivity contribution < 1.29 is 9.53 Å². The normalized spacial score (nSPS) is 58.3. The van der Waals surface area contributed by atoms with Gasteiger partial charge in [0, 0.05) is 24.4 Å². The first-order valence-corrected chi connectivity index (χ1v) is 10.0. The Morgan fingerprint density at radius 1 is 1.13 bits per heavy atom. The van der Waals surface area contributed by atoms with E-state index in [1.807, 2.05) is 0 Å². The van der Waals surface area contributed by atoms with Crippen LogP contribution in [0.15, 0.2) is 0 Å². The maximum absolute atomic E-state index is 13.0. The zero-order chi connectivity index (χ0) is 15.8. The first kappa shape index (κ1) is 14.9. The third kappa shape index (κ3) is 1.87. The molecule has 0 aromatic carbocycles. The first-order chi connectivity index (χ1) is 11.0. The number of fused-ring (bicyclic) bond motifs is 1. The number of hydrogen-bond acceptors (Lipinski definition) is 3. The summed E-state index contributed by atoms with van der Waals surface area (Å²) in [6.07, 6.45) is 10.8. The van der Waals surface area contributed by atoms with Crippen LogP contribution in [0.4, 0.5) is 0 Å². The van der Waals surface area contributed by atoms with Gasteiger partial charge < -0.3 is 10.1 Å². The molecule has 4 bridgehead atoms. The van der Waals surface area contributed by atoms with Crippen LogP contribution in [0, 0.1) is 23.7 Å². The average Bonchev–Trinajstić information content (AvgIpc) is 2.76. The van der Waals surface area contributed by atoms with Crippen LogP contribution in [0.25, 0.3) is 0 Å². The maximum Gasteiger partial charge on any atom is 0.142 e. The summed E-state index contributed by atoms with van der Waals surface area (Å²) in [4.78, 5) is 13.0. The molecule has 6 fully saturated rings. The molecule has 6 rings (SSSR count). The molecule has 3 aliphatic heterocycles. The highest BCUT2D eigenvalue weighted by Gasteiger charge is 2.72. The Morgan fingerprint density at radius 3 is 2.83 bits per heavy atom. The summed E-state index contributed by atoms with van der Waals surface area (Å²) in [7, 11) is 0. The molecule has 3 saturated carbocycles. The Bertz CT molecular complexity index is 534. The summed E-state index contributed by atoms with van der Waals surface area (Å²) >= 11 is 0. The molecular formula is C20H31NO2. The summed E-state index contributed by atoms with van der Waals surface area (Å²) in [6, 6.07) is 1.17. The number of nitrogens with one attached hydrogen (secondary N) is 1. The molecule has 3 aliphatic carbocycles. The van der Waals surface area contributed by atoms with Gasteiger partial charge in [-0.2, -0.15) is 0 Å². The molecule has 3 heterocycles. The van der Waals surface area contributed by atoms with E-state index in [1.165, 1.54) is 44.9 Å². The molecule has 0 amide bonds. The number of carbonyl (C=O) groups is 1. The van der Waals surface area contributed by atoms with E-state index >= 15 is 0 Å². The lowest BCUT2D eigenvalue weighted by Gasteiger charge is -2.61. The van der Waals surface area contributed by atoms with Gasteiger partial charge in [-0.1, -0.05) is 19.3 Å². The predicted octanol–water partition coefficient (Wildman–Crippen LogP) is 3.46. The van der Waals surface area contributed by atoms with Crippen molar-refractivity contribution in [2.45, 2.75) is 94.9 Å². The minimum Gasteiger partial charge on any atom is -0.367 e. The van der Waals surface area contributed by atoms with E-state index in [0.29, 0.717) is 35.6 Å². The average molecular weight is 317 g/mol. The number of carbonyl (C=O) groups excluding carboxylic acids is 1. The van der Waals surface area contributed by atoms with Gasteiger partial charge in [-0.05, 0) is 57.8 Å². The van der Waals surface area contributed by atoms with Gasteiger partial charge in [0.15, 0.2) is 0 Å². The lowest BCUT2D eigenvalue weighted by Crippen LogP contribution is -2.68. The molecule has 6 aliphatic rings. The maximum atomic E-state index is 13.0. The number of hydrogen-bond donors (Lipinski definition) is 1. The first-order valence-electron chi connectivity index (χ1n) is 10.0. The zero-order valence-corrected chi connectivity index (χ0v) is 14.6. The van der Waals surface area contributed by atoms with E-state index in [2.05, 4.69) is 19.2 Å². The van der Waals surface area contributed by atoms with E-state index < -0.39 is 0 Å². The Morgan fingerprint density at radius 2 is 2.00 bits per heavy atom. The van der Waals surface area contributed by atoms with Gasteiger partial charge in [-0.15, -0.1) is 0 Å². The minimum atomic E-state index is -0.192. The number of ketones is 1. The van der Waals surface area contributed by atoms with Crippen LogP contribution in [0.5, 0.6) is 0 Å². The third-order valence-electron chi connectivity index (χ3n) is 8.25. The smallest absolute Gasteiger partial charge is 0.142 e. The third-order valence-corrected chi connectivity index (χ3v) is 8.25. The summed E-state index contributed by atoms with van der Waals surface area (Å²) < 4.78 is 6.97. The van der Waals surface area contributed by atoms with E-state index in [0.717, 1.165) is 12.8 Å². The largest absolute Gasteiger partial charge is 0.367 e. The van der Waals surface area contributed by atoms with Crippen LogP contribution in [-0.2, 0) is 9.53 Å². The fraction of sp³-hybridized carbons (Fsp3) is 0.950. The van der Waals surface area contributed by atoms with Crippen LogP contribution in [0.3, 0.4) is 0 Å². The van der Waals surface area contributed by atoms with Crippen LogP contribution in [0.2, 0.25) is 0 Å². The molecule has 1 N–H and O–H groups in total. The quantitative estimate of drug-likeness (QED) is 0.805. The predicted molar refractivity (Wildman–Crippen MR) is 89.1 cm³/mol. The van der Waals surface area contributed by atoms with Gasteiger partial charge >= 0.3 is 0 Å². The number of Topliss-reactive ketones (excluding diaryl/α,β-unsaturated/α-hetero) is 1. The van der Waals surface area contributed by atoms with Crippen molar-refractivity contribution in [2.24, 2.45) is 23.7 Å². The Labute approximate surface area is 139 Å². The standard InChI is InChI=1S/C20H31NO2/c1-12-6-5-8-16(21-12)15-10-13-14-7-3-4-9-20(14)11-17(22)18(13)19(15,2)23-20/h12-16,18,21H,3-11H2,1-2H3/t12?,13-,14?,15+,16-,18-,19?,20?/m0/s1. The number of piperidine rings is 1. The molecule has 23 heavy (non-hydrogen) atoms. The lowest BCUT2D eigenvalue weighted by atomic mass is 9.55. The van der Waals surface area contributed by atoms with Gasteiger partial charge in [0.05, 0.1) is 17.1 Å². The van der Waals surface area contributed by atoms with Crippen LogP contribution >= 0.6 is 0 Å². The fourth-order valence-corrected chi connectivity index (χ4v) is 7.54. The van der Waals surface area contributed by atoms with Crippen molar-refractivity contribution in [1.82, 2.24) is 5.32 Å². The van der Waals surface area contributed by atoms with E-state index in [9.17, 15) is 4.79 Å². The fourth-order valence-electron chi connectivity index (χ4n) is 7.54. The Kier molecular flexibility index (Phi) is 3.12. The molecule has 3 saturated heterocycles. The van der Waals surface area contributed by atoms with E-state index in [-0.39, 0.29) is 17.1 Å². The molecule has 4 unspecified atom stereocenters. The SMILES string of the molecule is CC1CCC[C@@H]([C@H]2C[C@H]3C4CCCCC45CC(=O)[C@H]3C2(C)O5)N1. The van der Waals surface area contributed by atoms with Crippen molar-refractivity contribution in [2.75, 3.05) is 0 Å². The topological polar surface area (TPSA) is 38.3 Å². The summed E-state index contributed by atoms with van der Waals surface area (Å²) in [5, 5.41) is 3.86. The summed E-state index contributed by atoms with van der Waals surface area (Å²) in [6.45, 7) is 4.61. The summed E-state index contributed by atoms with van der Waals surface area (Å²) in [5.41, 5.74) is -0.277. The zero-order valence-electron chi connectivity index (χ0n) is 14.6. The van der Waals surface area contributed by atoms with Gasteiger partial charge in [0.2, 0.25) is 0 Å². The highest BCUT2D eigenvalue weighted by molar-refractivity contribution is 5.86. The minimum absolute atomic E-state index is 0.0848. The van der Waals surface area contributed by atoms with E-state index in [4.69, 9.17) is 4.74 Å². The molecular weight excluding hydrogens is 286 g/mol. The molecule has 0 radical (unpaired) electrons. The highest BCUT2D eigenvalue weighted by atomic mass is 16.5. The second-order valence-electron chi connectivity index (χ2n) is 9.43. The van der Waals surface area contributed by atoms with Gasteiger partial charge in [0.25, 0.3) is 0 Å². The summed E-state index contributed by atoms with van der Waals surface area (Å²) in [5.74, 6) is 2.54. The van der Waals surface area contributed by atoms with Crippen molar-refractivity contribution >= 4 is 5.78 Å². The highest BCUT2D eigenvalue weighted by Crippen LogP contribution is 2.67. The molecule has 3 heteroatoms. The number of ether oxygens (including phenoxy) is 1. The molecule has 0 aromatic heterocycles. The van der Waals surface area contributed by atoms with Crippen molar-refractivity contribution in [3.05, 3.63) is 0 Å². The second-order valence-corrected chi connectivity index (χ2v) is 9.43. The van der Waals surface area contributed by atoms with E-state index in [1.54, 1.807) is 0 Å². The molecule has 8 atom stereocenters. The molecule has 128 valence electrons.